The van der Waals surface area contributed by atoms with E-state index in [0.29, 0.717) is 40.1 Å². The molecule has 2 aliphatic rings. The van der Waals surface area contributed by atoms with Crippen LogP contribution in [0.25, 0.3) is 0 Å². The molecule has 5 rings (SSSR count). The summed E-state index contributed by atoms with van der Waals surface area (Å²) in [6.07, 6.45) is 4.90. The maximum Gasteiger partial charge on any atom is 0.253 e. The number of anilines is 4. The summed E-state index contributed by atoms with van der Waals surface area (Å²) in [6.45, 7) is 3.24. The average molecular weight is 497 g/mol. The third-order valence-electron chi connectivity index (χ3n) is 6.71. The first-order chi connectivity index (χ1) is 16.5. The summed E-state index contributed by atoms with van der Waals surface area (Å²) in [5.41, 5.74) is 4.39. The van der Waals surface area contributed by atoms with Gasteiger partial charge in [-0.15, -0.1) is 0 Å². The van der Waals surface area contributed by atoms with Crippen molar-refractivity contribution in [3.8, 4) is 0 Å². The highest BCUT2D eigenvalue weighted by molar-refractivity contribution is 6.34. The first-order valence-electron chi connectivity index (χ1n) is 11.4. The summed E-state index contributed by atoms with van der Waals surface area (Å²) in [4.78, 5) is 23.7. The fourth-order valence-electron chi connectivity index (χ4n) is 5.15. The van der Waals surface area contributed by atoms with Gasteiger partial charge in [-0.2, -0.15) is 4.98 Å². The van der Waals surface area contributed by atoms with Gasteiger partial charge in [0.15, 0.2) is 5.82 Å². The third kappa shape index (κ3) is 4.08. The number of nitrogens with one attached hydrogen (secondary N) is 3. The number of likely N-dealkylation sites (N-methyl/N-ethyl adjacent to an activating group) is 1. The molecule has 9 heteroatoms. The van der Waals surface area contributed by atoms with E-state index in [1.807, 2.05) is 12.1 Å². The predicted molar refractivity (Wildman–Crippen MR) is 137 cm³/mol. The first-order valence-corrected chi connectivity index (χ1v) is 12.2. The Hall–Kier alpha value is -2.87. The lowest BCUT2D eigenvalue weighted by molar-refractivity contribution is 0.0964. The Morgan fingerprint density at radius 2 is 1.94 bits per heavy atom. The Morgan fingerprint density at radius 3 is 2.74 bits per heavy atom. The molecule has 7 nitrogen and oxygen atoms in total. The molecule has 1 aromatic heterocycles. The van der Waals surface area contributed by atoms with Gasteiger partial charge in [-0.25, -0.2) is 4.98 Å². The van der Waals surface area contributed by atoms with Crippen LogP contribution >= 0.6 is 23.2 Å². The number of rotatable bonds is 6. The number of halogens is 2. The maximum absolute atomic E-state index is 12.2. The van der Waals surface area contributed by atoms with E-state index in [-0.39, 0.29) is 5.91 Å². The maximum atomic E-state index is 12.2. The first kappa shape index (κ1) is 22.9. The molecular formula is C25H26Cl2N6O. The Balaban J connectivity index is 1.43. The van der Waals surface area contributed by atoms with E-state index in [1.54, 1.807) is 25.2 Å². The minimum absolute atomic E-state index is 0.206. The number of carbonyl (C=O) groups is 1. The molecule has 0 spiro atoms. The quantitative estimate of drug-likeness (QED) is 0.405. The Bertz CT molecular complexity index is 1250. The highest BCUT2D eigenvalue weighted by Gasteiger charge is 2.40. The number of hydrogen-bond donors (Lipinski definition) is 3. The minimum atomic E-state index is -0.206. The van der Waals surface area contributed by atoms with Gasteiger partial charge in [-0.05, 0) is 55.1 Å². The van der Waals surface area contributed by atoms with E-state index in [4.69, 9.17) is 23.2 Å². The molecule has 2 aromatic carbocycles. The van der Waals surface area contributed by atoms with Crippen LogP contribution in [-0.4, -0.2) is 40.4 Å². The van der Waals surface area contributed by atoms with Crippen molar-refractivity contribution >= 4 is 52.3 Å². The smallest absolute Gasteiger partial charge is 0.253 e. The van der Waals surface area contributed by atoms with Crippen molar-refractivity contribution in [2.75, 3.05) is 24.2 Å². The SMILES string of the molecule is CCN1C2CCC1c1c(ccc(Nc3ncc(Cl)c(Nc4ccccc4C(=O)NC)n3)c1Cl)C2. The molecule has 3 aromatic rings. The number of benzene rings is 2. The second-order valence-electron chi connectivity index (χ2n) is 8.55. The van der Waals surface area contributed by atoms with Crippen LogP contribution in [0.3, 0.4) is 0 Å². The van der Waals surface area contributed by atoms with Crippen LogP contribution in [0.2, 0.25) is 10.0 Å². The van der Waals surface area contributed by atoms with Crippen LogP contribution in [0, 0.1) is 0 Å². The topological polar surface area (TPSA) is 82.2 Å². The van der Waals surface area contributed by atoms with Gasteiger partial charge in [-0.1, -0.05) is 48.3 Å². The van der Waals surface area contributed by atoms with Gasteiger partial charge < -0.3 is 16.0 Å². The molecule has 3 N–H and O–H groups in total. The standard InChI is InChI=1S/C25H26Cl2N6O/c1-3-33-15-9-11-20(33)21-14(12-15)8-10-19(22(21)27)31-25-29-13-17(26)23(32-25)30-18-7-5-4-6-16(18)24(34)28-2/h4-8,10,13,15,20H,3,9,11-12H2,1-2H3,(H,28,34)(H2,29,30,31,32). The summed E-state index contributed by atoms with van der Waals surface area (Å²) in [5.74, 6) is 0.543. The summed E-state index contributed by atoms with van der Waals surface area (Å²) in [6, 6.07) is 12.3. The van der Waals surface area contributed by atoms with Crippen LogP contribution in [0.15, 0.2) is 42.6 Å². The van der Waals surface area contributed by atoms with Crippen LogP contribution in [-0.2, 0) is 6.42 Å². The van der Waals surface area contributed by atoms with Gasteiger partial charge >= 0.3 is 0 Å². The summed E-state index contributed by atoms with van der Waals surface area (Å²) < 4.78 is 0. The number of nitrogens with zero attached hydrogens (tertiary/aromatic N) is 3. The molecule has 0 saturated carbocycles. The van der Waals surface area contributed by atoms with Crippen LogP contribution in [0.1, 0.15) is 47.3 Å². The monoisotopic (exact) mass is 496 g/mol. The van der Waals surface area contributed by atoms with Crippen molar-refractivity contribution in [2.24, 2.45) is 0 Å². The minimum Gasteiger partial charge on any atom is -0.355 e. The molecule has 0 aliphatic carbocycles. The lowest BCUT2D eigenvalue weighted by Gasteiger charge is -2.36. The second kappa shape index (κ2) is 9.41. The summed E-state index contributed by atoms with van der Waals surface area (Å²) >= 11 is 13.3. The van der Waals surface area contributed by atoms with Gasteiger partial charge in [0.05, 0.1) is 28.2 Å². The number of aromatic nitrogens is 2. The van der Waals surface area contributed by atoms with Gasteiger partial charge in [0, 0.05) is 19.1 Å². The van der Waals surface area contributed by atoms with E-state index in [0.717, 1.165) is 30.1 Å². The Morgan fingerprint density at radius 1 is 1.12 bits per heavy atom. The molecule has 2 aliphatic heterocycles. The molecule has 2 atom stereocenters. The van der Waals surface area contributed by atoms with Crippen molar-refractivity contribution in [1.82, 2.24) is 20.2 Å². The predicted octanol–water partition coefficient (Wildman–Crippen LogP) is 5.71. The molecule has 1 fully saturated rings. The molecule has 2 bridgehead atoms. The molecule has 0 radical (unpaired) electrons. The molecule has 1 amide bonds. The second-order valence-corrected chi connectivity index (χ2v) is 9.33. The van der Waals surface area contributed by atoms with E-state index in [2.05, 4.69) is 43.8 Å². The van der Waals surface area contributed by atoms with Crippen LogP contribution < -0.4 is 16.0 Å². The van der Waals surface area contributed by atoms with Crippen molar-refractivity contribution in [2.45, 2.75) is 38.3 Å². The number of carbonyl (C=O) groups excluding carboxylic acids is 1. The Kier molecular flexibility index (Phi) is 6.34. The lowest BCUT2D eigenvalue weighted by Crippen LogP contribution is -2.37. The zero-order valence-corrected chi connectivity index (χ0v) is 20.5. The average Bonchev–Trinajstić information content (AvgIpc) is 3.14. The fraction of sp³-hybridized carbons (Fsp3) is 0.320. The molecule has 2 unspecified atom stereocenters. The number of amides is 1. The highest BCUT2D eigenvalue weighted by Crippen LogP contribution is 2.48. The van der Waals surface area contributed by atoms with E-state index in [1.165, 1.54) is 23.7 Å². The fourth-order valence-corrected chi connectivity index (χ4v) is 5.65. The Labute approximate surface area is 208 Å². The van der Waals surface area contributed by atoms with Gasteiger partial charge in [0.25, 0.3) is 5.91 Å². The van der Waals surface area contributed by atoms with Gasteiger partial charge in [0.1, 0.15) is 5.02 Å². The van der Waals surface area contributed by atoms with Crippen LogP contribution in [0.5, 0.6) is 0 Å². The highest BCUT2D eigenvalue weighted by atomic mass is 35.5. The zero-order chi connectivity index (χ0) is 23.8. The summed E-state index contributed by atoms with van der Waals surface area (Å²) in [5, 5.41) is 10.1. The van der Waals surface area contributed by atoms with E-state index in [9.17, 15) is 4.79 Å². The lowest BCUT2D eigenvalue weighted by atomic mass is 9.92. The van der Waals surface area contributed by atoms with Crippen molar-refractivity contribution in [3.63, 3.8) is 0 Å². The number of hydrogen-bond acceptors (Lipinski definition) is 6. The van der Waals surface area contributed by atoms with Gasteiger partial charge in [-0.3, -0.25) is 9.69 Å². The van der Waals surface area contributed by atoms with Gasteiger partial charge in [0.2, 0.25) is 5.95 Å². The van der Waals surface area contributed by atoms with E-state index < -0.39 is 0 Å². The van der Waals surface area contributed by atoms with Crippen molar-refractivity contribution < 1.29 is 4.79 Å². The van der Waals surface area contributed by atoms with E-state index >= 15 is 0 Å². The molecule has 34 heavy (non-hydrogen) atoms. The van der Waals surface area contributed by atoms with Crippen molar-refractivity contribution in [3.05, 3.63) is 69.3 Å². The van der Waals surface area contributed by atoms with Crippen molar-refractivity contribution in [1.29, 1.82) is 0 Å². The largest absolute Gasteiger partial charge is 0.355 e. The third-order valence-corrected chi connectivity index (χ3v) is 7.39. The summed E-state index contributed by atoms with van der Waals surface area (Å²) in [7, 11) is 1.59. The normalized spacial score (nSPS) is 18.9. The zero-order valence-electron chi connectivity index (χ0n) is 19.0. The molecule has 3 heterocycles. The number of para-hydroxylation sites is 1. The molecular weight excluding hydrogens is 471 g/mol. The molecule has 176 valence electrons. The number of fused-ring (bicyclic) bond motifs is 4. The molecule has 1 saturated heterocycles. The van der Waals surface area contributed by atoms with Crippen LogP contribution in [0.4, 0.5) is 23.1 Å².